The highest BCUT2D eigenvalue weighted by Gasteiger charge is 2.29. The van der Waals surface area contributed by atoms with Crippen LogP contribution in [0, 0.1) is 5.41 Å². The van der Waals surface area contributed by atoms with Crippen molar-refractivity contribution >= 4 is 5.91 Å². The van der Waals surface area contributed by atoms with Gasteiger partial charge in [-0.2, -0.15) is 0 Å². The van der Waals surface area contributed by atoms with E-state index in [-0.39, 0.29) is 11.9 Å². The first-order valence-electron chi connectivity index (χ1n) is 5.01. The van der Waals surface area contributed by atoms with E-state index in [9.17, 15) is 4.79 Å². The van der Waals surface area contributed by atoms with E-state index in [2.05, 4.69) is 12.2 Å². The normalized spacial score (nSPS) is 17.6. The van der Waals surface area contributed by atoms with E-state index in [0.29, 0.717) is 6.54 Å². The topological polar surface area (TPSA) is 55.1 Å². The second-order valence-electron chi connectivity index (χ2n) is 3.90. The van der Waals surface area contributed by atoms with Crippen molar-refractivity contribution in [1.29, 1.82) is 0 Å². The fourth-order valence-corrected chi connectivity index (χ4v) is 0.898. The quantitative estimate of drug-likeness (QED) is 0.679. The molecule has 2 unspecified atom stereocenters. The third kappa shape index (κ3) is 3.35. The molecule has 3 heteroatoms. The fraction of sp³-hybridized carbons (Fsp3) is 0.900. The third-order valence-electron chi connectivity index (χ3n) is 2.77. The molecule has 3 N–H and O–H groups in total. The van der Waals surface area contributed by atoms with Crippen molar-refractivity contribution in [3.05, 3.63) is 0 Å². The Balaban J connectivity index is 4.22. The first-order chi connectivity index (χ1) is 6.00. The Hall–Kier alpha value is -0.570. The van der Waals surface area contributed by atoms with Gasteiger partial charge in [0, 0.05) is 12.6 Å². The number of carbonyl (C=O) groups excluding carboxylic acids is 1. The fourth-order valence-electron chi connectivity index (χ4n) is 0.898. The van der Waals surface area contributed by atoms with Crippen LogP contribution in [0.15, 0.2) is 0 Å². The number of nitrogens with two attached hydrogens (primary N) is 1. The summed E-state index contributed by atoms with van der Waals surface area (Å²) in [6.07, 6.45) is 1.74. The summed E-state index contributed by atoms with van der Waals surface area (Å²) in [4.78, 5) is 11.7. The average molecular weight is 186 g/mol. The lowest BCUT2D eigenvalue weighted by Gasteiger charge is -2.26. The lowest BCUT2D eigenvalue weighted by molar-refractivity contribution is -0.130. The van der Waals surface area contributed by atoms with Gasteiger partial charge >= 0.3 is 0 Å². The predicted molar refractivity (Wildman–Crippen MR) is 55.3 cm³/mol. The first kappa shape index (κ1) is 12.4. The minimum atomic E-state index is -0.399. The predicted octanol–water partition coefficient (Wildman–Crippen LogP) is 1.28. The molecule has 0 aromatic rings. The van der Waals surface area contributed by atoms with E-state index in [0.717, 1.165) is 12.8 Å². The maximum atomic E-state index is 11.7. The van der Waals surface area contributed by atoms with Crippen molar-refractivity contribution in [3.8, 4) is 0 Å². The van der Waals surface area contributed by atoms with Crippen molar-refractivity contribution in [2.75, 3.05) is 6.54 Å². The Labute approximate surface area is 81.1 Å². The maximum absolute atomic E-state index is 11.7. The molecular weight excluding hydrogens is 164 g/mol. The van der Waals surface area contributed by atoms with Crippen LogP contribution in [0.1, 0.15) is 40.5 Å². The van der Waals surface area contributed by atoms with Gasteiger partial charge in [-0.1, -0.05) is 13.8 Å². The van der Waals surface area contributed by atoms with Crippen LogP contribution in [0.25, 0.3) is 0 Å². The minimum Gasteiger partial charge on any atom is -0.353 e. The molecule has 0 radical (unpaired) electrons. The monoisotopic (exact) mass is 186 g/mol. The van der Waals surface area contributed by atoms with Crippen molar-refractivity contribution in [3.63, 3.8) is 0 Å². The summed E-state index contributed by atoms with van der Waals surface area (Å²) in [6, 6.07) is 0.241. The molecular formula is C10H22N2O. The highest BCUT2D eigenvalue weighted by molar-refractivity contribution is 5.82. The van der Waals surface area contributed by atoms with Gasteiger partial charge in [-0.05, 0) is 26.7 Å². The molecule has 0 rings (SSSR count). The Kier molecular flexibility index (Phi) is 4.99. The van der Waals surface area contributed by atoms with Gasteiger partial charge in [0.05, 0.1) is 5.41 Å². The van der Waals surface area contributed by atoms with Gasteiger partial charge in [0.15, 0.2) is 0 Å². The maximum Gasteiger partial charge on any atom is 0.227 e. The van der Waals surface area contributed by atoms with Gasteiger partial charge in [0.1, 0.15) is 0 Å². The molecule has 13 heavy (non-hydrogen) atoms. The molecule has 0 spiro atoms. The summed E-state index contributed by atoms with van der Waals surface area (Å²) in [5, 5.41) is 2.95. The summed E-state index contributed by atoms with van der Waals surface area (Å²) in [5.74, 6) is 0.0758. The molecule has 78 valence electrons. The third-order valence-corrected chi connectivity index (χ3v) is 2.77. The Morgan fingerprint density at radius 1 is 1.54 bits per heavy atom. The smallest absolute Gasteiger partial charge is 0.227 e. The van der Waals surface area contributed by atoms with E-state index in [1.807, 2.05) is 20.8 Å². The molecule has 0 aliphatic heterocycles. The molecule has 0 heterocycles. The van der Waals surface area contributed by atoms with Crippen LogP contribution < -0.4 is 11.1 Å². The van der Waals surface area contributed by atoms with Crippen LogP contribution in [0.3, 0.4) is 0 Å². The number of nitrogens with one attached hydrogen (secondary N) is 1. The number of hydrogen-bond acceptors (Lipinski definition) is 2. The van der Waals surface area contributed by atoms with Gasteiger partial charge in [-0.3, -0.25) is 4.79 Å². The second-order valence-corrected chi connectivity index (χ2v) is 3.90. The summed E-state index contributed by atoms with van der Waals surface area (Å²) in [7, 11) is 0. The van der Waals surface area contributed by atoms with Crippen LogP contribution in [0.4, 0.5) is 0 Å². The van der Waals surface area contributed by atoms with Crippen molar-refractivity contribution in [2.45, 2.75) is 46.6 Å². The molecule has 3 nitrogen and oxygen atoms in total. The largest absolute Gasteiger partial charge is 0.353 e. The summed E-state index contributed by atoms with van der Waals surface area (Å²) >= 11 is 0. The van der Waals surface area contributed by atoms with Gasteiger partial charge in [-0.15, -0.1) is 0 Å². The minimum absolute atomic E-state index is 0.0758. The van der Waals surface area contributed by atoms with Crippen LogP contribution in [-0.4, -0.2) is 18.5 Å². The number of hydrogen-bond donors (Lipinski definition) is 2. The molecule has 2 atom stereocenters. The van der Waals surface area contributed by atoms with Crippen LogP contribution in [0.5, 0.6) is 0 Å². The van der Waals surface area contributed by atoms with Gasteiger partial charge < -0.3 is 11.1 Å². The van der Waals surface area contributed by atoms with Crippen LogP contribution in [0.2, 0.25) is 0 Å². The van der Waals surface area contributed by atoms with Gasteiger partial charge in [0.2, 0.25) is 5.91 Å². The molecule has 0 aromatic heterocycles. The molecule has 0 aliphatic carbocycles. The molecule has 0 saturated heterocycles. The van der Waals surface area contributed by atoms with Crippen LogP contribution in [-0.2, 0) is 4.79 Å². The van der Waals surface area contributed by atoms with Crippen molar-refractivity contribution in [1.82, 2.24) is 5.32 Å². The zero-order valence-electron chi connectivity index (χ0n) is 9.18. The molecule has 0 bridgehead atoms. The van der Waals surface area contributed by atoms with E-state index in [1.165, 1.54) is 0 Å². The van der Waals surface area contributed by atoms with Crippen LogP contribution >= 0.6 is 0 Å². The molecule has 1 amide bonds. The molecule has 0 aliphatic rings. The lowest BCUT2D eigenvalue weighted by Crippen LogP contribution is -2.46. The second kappa shape index (κ2) is 5.22. The van der Waals surface area contributed by atoms with E-state index >= 15 is 0 Å². The van der Waals surface area contributed by atoms with Gasteiger partial charge in [-0.25, -0.2) is 0 Å². The van der Waals surface area contributed by atoms with E-state index in [1.54, 1.807) is 0 Å². The summed E-state index contributed by atoms with van der Waals surface area (Å²) in [6.45, 7) is 8.36. The SMILES string of the molecule is CCC(C)NC(=O)C(C)(CC)CN. The van der Waals surface area contributed by atoms with Crippen molar-refractivity contribution in [2.24, 2.45) is 11.1 Å². The molecule has 0 saturated carbocycles. The summed E-state index contributed by atoms with van der Waals surface area (Å²) in [5.41, 5.74) is 5.18. The molecule has 0 fully saturated rings. The molecule has 0 aromatic carbocycles. The zero-order chi connectivity index (χ0) is 10.5. The van der Waals surface area contributed by atoms with E-state index in [4.69, 9.17) is 5.73 Å². The summed E-state index contributed by atoms with van der Waals surface area (Å²) < 4.78 is 0. The van der Waals surface area contributed by atoms with Crippen molar-refractivity contribution < 1.29 is 4.79 Å². The zero-order valence-corrected chi connectivity index (χ0v) is 9.18. The van der Waals surface area contributed by atoms with Gasteiger partial charge in [0.25, 0.3) is 0 Å². The number of rotatable bonds is 5. The van der Waals surface area contributed by atoms with E-state index < -0.39 is 5.41 Å². The lowest BCUT2D eigenvalue weighted by atomic mass is 9.86. The number of amides is 1. The first-order valence-corrected chi connectivity index (χ1v) is 5.01. The standard InChI is InChI=1S/C10H22N2O/c1-5-8(3)12-9(13)10(4,6-2)7-11/h8H,5-7,11H2,1-4H3,(H,12,13). The number of carbonyl (C=O) groups is 1. The average Bonchev–Trinajstić information content (AvgIpc) is 2.16. The highest BCUT2D eigenvalue weighted by atomic mass is 16.2. The Bertz CT molecular complexity index is 164. The Morgan fingerprint density at radius 3 is 2.38 bits per heavy atom. The highest BCUT2D eigenvalue weighted by Crippen LogP contribution is 2.19. The Morgan fingerprint density at radius 2 is 2.08 bits per heavy atom.